The Bertz CT molecular complexity index is 1530. The lowest BCUT2D eigenvalue weighted by atomic mass is 10.1. The van der Waals surface area contributed by atoms with Crippen LogP contribution in [-0.2, 0) is 22.5 Å². The zero-order valence-corrected chi connectivity index (χ0v) is 20.2. The van der Waals surface area contributed by atoms with Crippen molar-refractivity contribution in [1.82, 2.24) is 15.0 Å². The van der Waals surface area contributed by atoms with Gasteiger partial charge in [-0.1, -0.05) is 24.3 Å². The molecule has 0 saturated heterocycles. The SMILES string of the molecule is CS(N)(=O)=Cc1cccc(Nc2ncnc(-c3ccc(F)cc3OCc3ccc(C(F)(F)F)cc3)n2)c1. The van der Waals surface area contributed by atoms with Crippen LogP contribution in [-0.4, -0.2) is 30.8 Å². The highest BCUT2D eigenvalue weighted by Crippen LogP contribution is 2.31. The van der Waals surface area contributed by atoms with Crippen LogP contribution in [0.5, 0.6) is 5.75 Å². The second-order valence-corrected chi connectivity index (χ2v) is 10.3. The minimum Gasteiger partial charge on any atom is -0.488 e. The summed E-state index contributed by atoms with van der Waals surface area (Å²) in [4.78, 5) is 12.6. The summed E-state index contributed by atoms with van der Waals surface area (Å²) in [5, 5.41) is 10.1. The quantitative estimate of drug-likeness (QED) is 0.258. The van der Waals surface area contributed by atoms with E-state index in [1.165, 1.54) is 42.2 Å². The van der Waals surface area contributed by atoms with Gasteiger partial charge in [-0.15, -0.1) is 0 Å². The molecule has 3 aromatic carbocycles. The molecule has 3 N–H and O–H groups in total. The maximum Gasteiger partial charge on any atom is 0.416 e. The standard InChI is InChI=1S/C25H21F4N5O2S/c1-37(30,35)14-17-3-2-4-20(11-17)33-24-32-15-31-23(34-24)21-10-9-19(26)12-22(21)36-13-16-5-7-18(8-6-16)25(27,28)29/h2-12,14-15H,13H2,1H3,(H2,30,35)(H,31,32,33,34). The first-order chi connectivity index (χ1) is 17.5. The fraction of sp³-hybridized carbons (Fsp3) is 0.120. The molecule has 1 atom stereocenters. The summed E-state index contributed by atoms with van der Waals surface area (Å²) in [7, 11) is -2.59. The third kappa shape index (κ3) is 7.24. The van der Waals surface area contributed by atoms with Crippen LogP contribution in [0.4, 0.5) is 29.2 Å². The minimum atomic E-state index is -4.44. The van der Waals surface area contributed by atoms with Gasteiger partial charge in [-0.3, -0.25) is 9.35 Å². The molecule has 0 radical (unpaired) electrons. The van der Waals surface area contributed by atoms with E-state index < -0.39 is 27.3 Å². The van der Waals surface area contributed by atoms with Crippen molar-refractivity contribution in [1.29, 1.82) is 0 Å². The number of anilines is 2. The van der Waals surface area contributed by atoms with Crippen molar-refractivity contribution in [2.24, 2.45) is 5.14 Å². The van der Waals surface area contributed by atoms with Crippen LogP contribution in [0.15, 0.2) is 73.1 Å². The van der Waals surface area contributed by atoms with E-state index in [0.29, 0.717) is 22.4 Å². The highest BCUT2D eigenvalue weighted by atomic mass is 32.2. The third-order valence-electron chi connectivity index (χ3n) is 4.94. The number of ether oxygens (including phenoxy) is 1. The number of rotatable bonds is 7. The average molecular weight is 532 g/mol. The molecular weight excluding hydrogens is 510 g/mol. The largest absolute Gasteiger partial charge is 0.488 e. The van der Waals surface area contributed by atoms with E-state index in [2.05, 4.69) is 20.3 Å². The Morgan fingerprint density at radius 1 is 1.05 bits per heavy atom. The monoisotopic (exact) mass is 531 g/mol. The molecule has 0 saturated carbocycles. The lowest BCUT2D eigenvalue weighted by molar-refractivity contribution is -0.137. The first-order valence-electron chi connectivity index (χ1n) is 10.7. The van der Waals surface area contributed by atoms with Gasteiger partial charge in [0.15, 0.2) is 5.82 Å². The summed E-state index contributed by atoms with van der Waals surface area (Å²) in [5.41, 5.74) is 1.29. The molecule has 37 heavy (non-hydrogen) atoms. The van der Waals surface area contributed by atoms with Gasteiger partial charge in [-0.25, -0.2) is 14.4 Å². The van der Waals surface area contributed by atoms with E-state index >= 15 is 0 Å². The molecule has 1 aromatic heterocycles. The minimum absolute atomic E-state index is 0.101. The number of nitrogens with two attached hydrogens (primary N) is 1. The summed E-state index contributed by atoms with van der Waals surface area (Å²) in [6, 6.07) is 15.2. The molecule has 0 aliphatic heterocycles. The number of aromatic nitrogens is 3. The van der Waals surface area contributed by atoms with Gasteiger partial charge >= 0.3 is 6.18 Å². The molecule has 0 aliphatic rings. The van der Waals surface area contributed by atoms with E-state index in [0.717, 1.165) is 18.2 Å². The number of nitrogens with one attached hydrogen (secondary N) is 1. The van der Waals surface area contributed by atoms with E-state index in [-0.39, 0.29) is 24.1 Å². The number of nitrogens with zero attached hydrogens (tertiary/aromatic N) is 3. The summed E-state index contributed by atoms with van der Waals surface area (Å²) in [5.74, 6) is -0.0975. The molecule has 4 aromatic rings. The third-order valence-corrected chi connectivity index (χ3v) is 5.69. The molecular formula is C25H21F4N5O2S. The fourth-order valence-corrected chi connectivity index (χ4v) is 4.01. The van der Waals surface area contributed by atoms with E-state index in [4.69, 9.17) is 9.88 Å². The molecule has 7 nitrogen and oxygen atoms in total. The van der Waals surface area contributed by atoms with Gasteiger partial charge < -0.3 is 10.1 Å². The smallest absolute Gasteiger partial charge is 0.416 e. The zero-order valence-electron chi connectivity index (χ0n) is 19.4. The average Bonchev–Trinajstić information content (AvgIpc) is 2.82. The molecule has 4 rings (SSSR count). The first-order valence-corrected chi connectivity index (χ1v) is 12.8. The maximum atomic E-state index is 14.0. The second-order valence-electron chi connectivity index (χ2n) is 8.09. The Balaban J connectivity index is 1.56. The van der Waals surface area contributed by atoms with Crippen LogP contribution in [0, 0.1) is 5.82 Å². The van der Waals surface area contributed by atoms with Crippen molar-refractivity contribution < 1.29 is 26.5 Å². The Kier molecular flexibility index (Phi) is 7.41. The lowest BCUT2D eigenvalue weighted by Gasteiger charge is -2.13. The van der Waals surface area contributed by atoms with Crippen LogP contribution in [0.25, 0.3) is 11.4 Å². The maximum absolute atomic E-state index is 14.0. The Hall–Kier alpha value is -4.03. The highest BCUT2D eigenvalue weighted by Gasteiger charge is 2.29. The predicted octanol–water partition coefficient (Wildman–Crippen LogP) is 4.96. The van der Waals surface area contributed by atoms with Crippen LogP contribution < -0.4 is 15.2 Å². The van der Waals surface area contributed by atoms with Crippen LogP contribution >= 0.6 is 0 Å². The van der Waals surface area contributed by atoms with E-state index in [1.807, 2.05) is 0 Å². The Labute approximate surface area is 210 Å². The van der Waals surface area contributed by atoms with Gasteiger partial charge in [-0.05, 0) is 47.5 Å². The van der Waals surface area contributed by atoms with Crippen molar-refractivity contribution >= 4 is 26.7 Å². The second kappa shape index (κ2) is 10.5. The fourth-order valence-electron chi connectivity index (χ4n) is 3.33. The van der Waals surface area contributed by atoms with Crippen LogP contribution in [0.2, 0.25) is 0 Å². The van der Waals surface area contributed by atoms with Crippen LogP contribution in [0.1, 0.15) is 16.7 Å². The molecule has 1 unspecified atom stereocenters. The molecule has 0 bridgehead atoms. The van der Waals surface area contributed by atoms with Crippen molar-refractivity contribution in [3.8, 4) is 17.1 Å². The zero-order chi connectivity index (χ0) is 26.6. The molecule has 0 amide bonds. The molecule has 192 valence electrons. The lowest BCUT2D eigenvalue weighted by Crippen LogP contribution is -2.13. The number of hydrogen-bond acceptors (Lipinski definition) is 6. The molecule has 12 heteroatoms. The summed E-state index contributed by atoms with van der Waals surface area (Å²) in [6.07, 6.45) is -1.76. The van der Waals surface area contributed by atoms with E-state index in [1.54, 1.807) is 24.3 Å². The van der Waals surface area contributed by atoms with Crippen LogP contribution in [0.3, 0.4) is 0 Å². The molecule has 0 spiro atoms. The summed E-state index contributed by atoms with van der Waals surface area (Å²) in [6.45, 7) is -0.101. The number of halogens is 4. The number of alkyl halides is 3. The number of benzene rings is 3. The van der Waals surface area contributed by atoms with E-state index in [9.17, 15) is 21.8 Å². The number of hydrogen-bond donors (Lipinski definition) is 2. The summed E-state index contributed by atoms with van der Waals surface area (Å²) < 4.78 is 70.0. The van der Waals surface area contributed by atoms with Gasteiger partial charge in [-0.2, -0.15) is 18.2 Å². The Morgan fingerprint density at radius 3 is 2.51 bits per heavy atom. The summed E-state index contributed by atoms with van der Waals surface area (Å²) >= 11 is 0. The highest BCUT2D eigenvalue weighted by molar-refractivity contribution is 7.98. The van der Waals surface area contributed by atoms with Gasteiger partial charge in [0.05, 0.1) is 11.1 Å². The first kappa shape index (κ1) is 26.0. The topological polar surface area (TPSA) is 103 Å². The molecule has 1 heterocycles. The van der Waals surface area contributed by atoms with Crippen molar-refractivity contribution in [2.45, 2.75) is 12.8 Å². The van der Waals surface area contributed by atoms with Crippen molar-refractivity contribution in [3.63, 3.8) is 0 Å². The Morgan fingerprint density at radius 2 is 1.81 bits per heavy atom. The predicted molar refractivity (Wildman–Crippen MR) is 134 cm³/mol. The van der Waals surface area contributed by atoms with Gasteiger partial charge in [0.1, 0.15) is 24.5 Å². The van der Waals surface area contributed by atoms with Gasteiger partial charge in [0, 0.05) is 33.1 Å². The van der Waals surface area contributed by atoms with Gasteiger partial charge in [0.25, 0.3) is 0 Å². The van der Waals surface area contributed by atoms with Crippen molar-refractivity contribution in [3.05, 3.63) is 95.6 Å². The normalized spacial score (nSPS) is 13.0. The van der Waals surface area contributed by atoms with Crippen molar-refractivity contribution in [2.75, 3.05) is 11.6 Å². The molecule has 0 aliphatic carbocycles. The van der Waals surface area contributed by atoms with Gasteiger partial charge in [0.2, 0.25) is 5.95 Å². The molecule has 0 fully saturated rings.